The lowest BCUT2D eigenvalue weighted by atomic mass is 9.79. The summed E-state index contributed by atoms with van der Waals surface area (Å²) in [6.45, 7) is 2.74. The molecule has 1 aromatic heterocycles. The highest BCUT2D eigenvalue weighted by atomic mass is 16.3. The summed E-state index contributed by atoms with van der Waals surface area (Å²) in [5, 5.41) is 13.7. The normalized spacial score (nSPS) is 27.8. The van der Waals surface area contributed by atoms with Crippen molar-refractivity contribution in [2.45, 2.75) is 38.2 Å². The maximum Gasteiger partial charge on any atom is 0.142 e. The van der Waals surface area contributed by atoms with Gasteiger partial charge in [-0.2, -0.15) is 0 Å². The standard InChI is InChI=1S/C13H22N4O/c1-10-4-3-7-13(18,8-10)9-15-11-5-2-6-12(16-11)17-14/h2,5-6,10,18H,3-4,7-9,14H2,1H3,(H2,15,16,17). The number of aromatic nitrogens is 1. The Hall–Kier alpha value is -1.33. The molecule has 5 heteroatoms. The molecule has 1 aromatic rings. The molecule has 0 aliphatic heterocycles. The molecule has 1 heterocycles. The number of nitrogens with zero attached hydrogens (tertiary/aromatic N) is 1. The third-order valence-corrected chi connectivity index (χ3v) is 3.56. The van der Waals surface area contributed by atoms with Gasteiger partial charge in [0.1, 0.15) is 11.6 Å². The van der Waals surface area contributed by atoms with Gasteiger partial charge in [0.15, 0.2) is 0 Å². The highest BCUT2D eigenvalue weighted by Crippen LogP contribution is 2.32. The largest absolute Gasteiger partial charge is 0.388 e. The molecule has 0 bridgehead atoms. The van der Waals surface area contributed by atoms with Gasteiger partial charge in [-0.25, -0.2) is 10.8 Å². The third-order valence-electron chi connectivity index (χ3n) is 3.56. The Morgan fingerprint density at radius 1 is 1.50 bits per heavy atom. The second-order valence-corrected chi connectivity index (χ2v) is 5.33. The van der Waals surface area contributed by atoms with Crippen LogP contribution in [0.5, 0.6) is 0 Å². The highest BCUT2D eigenvalue weighted by Gasteiger charge is 2.32. The topological polar surface area (TPSA) is 83.2 Å². The first-order valence-electron chi connectivity index (χ1n) is 6.51. The monoisotopic (exact) mass is 250 g/mol. The molecule has 0 aromatic carbocycles. The summed E-state index contributed by atoms with van der Waals surface area (Å²) in [6, 6.07) is 5.54. The van der Waals surface area contributed by atoms with E-state index in [1.807, 2.05) is 12.1 Å². The molecule has 1 saturated carbocycles. The summed E-state index contributed by atoms with van der Waals surface area (Å²) in [5.41, 5.74) is 1.90. The van der Waals surface area contributed by atoms with Crippen LogP contribution in [0.3, 0.4) is 0 Å². The van der Waals surface area contributed by atoms with Crippen molar-refractivity contribution in [2.24, 2.45) is 11.8 Å². The fraction of sp³-hybridized carbons (Fsp3) is 0.615. The average molecular weight is 250 g/mol. The number of hydrazine groups is 1. The van der Waals surface area contributed by atoms with Crippen LogP contribution in [-0.2, 0) is 0 Å². The van der Waals surface area contributed by atoms with E-state index in [9.17, 15) is 5.11 Å². The van der Waals surface area contributed by atoms with E-state index in [0.717, 1.165) is 25.1 Å². The molecule has 5 N–H and O–H groups in total. The fourth-order valence-electron chi connectivity index (χ4n) is 2.66. The van der Waals surface area contributed by atoms with Gasteiger partial charge >= 0.3 is 0 Å². The average Bonchev–Trinajstić information content (AvgIpc) is 2.37. The summed E-state index contributed by atoms with van der Waals surface area (Å²) in [7, 11) is 0. The molecule has 1 aliphatic carbocycles. The Morgan fingerprint density at radius 3 is 3.00 bits per heavy atom. The van der Waals surface area contributed by atoms with Gasteiger partial charge in [0.25, 0.3) is 0 Å². The summed E-state index contributed by atoms with van der Waals surface area (Å²) < 4.78 is 0. The van der Waals surface area contributed by atoms with Crippen molar-refractivity contribution in [3.05, 3.63) is 18.2 Å². The number of aliphatic hydroxyl groups is 1. The molecular formula is C13H22N4O. The molecule has 2 unspecified atom stereocenters. The second kappa shape index (κ2) is 5.54. The molecule has 1 aliphatic rings. The van der Waals surface area contributed by atoms with E-state index in [-0.39, 0.29) is 0 Å². The van der Waals surface area contributed by atoms with Gasteiger partial charge in [-0.1, -0.05) is 25.8 Å². The molecule has 0 amide bonds. The first kappa shape index (κ1) is 13.1. The molecule has 2 rings (SSSR count). The van der Waals surface area contributed by atoms with Crippen LogP contribution in [0.4, 0.5) is 11.6 Å². The van der Waals surface area contributed by atoms with Crippen molar-refractivity contribution in [3.8, 4) is 0 Å². The van der Waals surface area contributed by atoms with Crippen LogP contribution in [0, 0.1) is 5.92 Å². The SMILES string of the molecule is CC1CCCC(O)(CNc2cccc(NN)n2)C1. The van der Waals surface area contributed by atoms with Crippen molar-refractivity contribution < 1.29 is 5.11 Å². The Kier molecular flexibility index (Phi) is 4.04. The van der Waals surface area contributed by atoms with Gasteiger partial charge in [-0.15, -0.1) is 0 Å². The van der Waals surface area contributed by atoms with E-state index in [1.165, 1.54) is 6.42 Å². The van der Waals surface area contributed by atoms with Crippen molar-refractivity contribution in [3.63, 3.8) is 0 Å². The van der Waals surface area contributed by atoms with Crippen LogP contribution in [0.15, 0.2) is 18.2 Å². The molecule has 2 atom stereocenters. The van der Waals surface area contributed by atoms with Gasteiger partial charge < -0.3 is 15.8 Å². The number of nitrogen functional groups attached to an aromatic ring is 1. The lowest BCUT2D eigenvalue weighted by Crippen LogP contribution is -2.41. The first-order valence-corrected chi connectivity index (χ1v) is 6.51. The van der Waals surface area contributed by atoms with Crippen molar-refractivity contribution in [2.75, 3.05) is 17.3 Å². The van der Waals surface area contributed by atoms with E-state index >= 15 is 0 Å². The van der Waals surface area contributed by atoms with Gasteiger partial charge in [0.05, 0.1) is 5.60 Å². The Bertz CT molecular complexity index is 398. The molecule has 0 spiro atoms. The number of hydrogen-bond donors (Lipinski definition) is 4. The van der Waals surface area contributed by atoms with E-state index in [0.29, 0.717) is 18.3 Å². The number of nitrogens with two attached hydrogens (primary N) is 1. The summed E-state index contributed by atoms with van der Waals surface area (Å²) in [5.74, 6) is 7.25. The number of pyridine rings is 1. The van der Waals surface area contributed by atoms with E-state index in [2.05, 4.69) is 22.7 Å². The molecule has 0 radical (unpaired) electrons. The predicted molar refractivity (Wildman–Crippen MR) is 73.1 cm³/mol. The number of anilines is 2. The van der Waals surface area contributed by atoms with Crippen LogP contribution in [0.25, 0.3) is 0 Å². The van der Waals surface area contributed by atoms with Crippen molar-refractivity contribution in [1.82, 2.24) is 4.98 Å². The number of rotatable bonds is 4. The lowest BCUT2D eigenvalue weighted by Gasteiger charge is -2.35. The van der Waals surface area contributed by atoms with Gasteiger partial charge in [-0.3, -0.25) is 0 Å². The first-order chi connectivity index (χ1) is 8.61. The minimum atomic E-state index is -0.606. The number of nitrogens with one attached hydrogen (secondary N) is 2. The zero-order valence-electron chi connectivity index (χ0n) is 10.8. The smallest absolute Gasteiger partial charge is 0.142 e. The zero-order valence-corrected chi connectivity index (χ0v) is 10.8. The molecule has 100 valence electrons. The lowest BCUT2D eigenvalue weighted by molar-refractivity contribution is -0.000824. The molecule has 1 fully saturated rings. The highest BCUT2D eigenvalue weighted by molar-refractivity contribution is 5.44. The Balaban J connectivity index is 1.93. The van der Waals surface area contributed by atoms with Crippen LogP contribution in [0.2, 0.25) is 0 Å². The molecule has 0 saturated heterocycles. The molecular weight excluding hydrogens is 228 g/mol. The quantitative estimate of drug-likeness (QED) is 0.483. The van der Waals surface area contributed by atoms with Crippen molar-refractivity contribution >= 4 is 11.6 Å². The maximum absolute atomic E-state index is 10.5. The predicted octanol–water partition coefficient (Wildman–Crippen LogP) is 1.72. The van der Waals surface area contributed by atoms with Crippen LogP contribution in [0.1, 0.15) is 32.6 Å². The van der Waals surface area contributed by atoms with Gasteiger partial charge in [-0.05, 0) is 30.9 Å². The fourth-order valence-corrected chi connectivity index (χ4v) is 2.66. The summed E-state index contributed by atoms with van der Waals surface area (Å²) >= 11 is 0. The van der Waals surface area contributed by atoms with E-state index < -0.39 is 5.60 Å². The van der Waals surface area contributed by atoms with Crippen LogP contribution < -0.4 is 16.6 Å². The Morgan fingerprint density at radius 2 is 2.28 bits per heavy atom. The van der Waals surface area contributed by atoms with E-state index in [4.69, 9.17) is 5.84 Å². The molecule has 5 nitrogen and oxygen atoms in total. The van der Waals surface area contributed by atoms with Gasteiger partial charge in [0, 0.05) is 6.54 Å². The third kappa shape index (κ3) is 3.34. The minimum Gasteiger partial charge on any atom is -0.388 e. The van der Waals surface area contributed by atoms with Crippen LogP contribution >= 0.6 is 0 Å². The zero-order chi connectivity index (χ0) is 13.0. The second-order valence-electron chi connectivity index (χ2n) is 5.33. The Labute approximate surface area is 108 Å². The maximum atomic E-state index is 10.5. The number of hydrogen-bond acceptors (Lipinski definition) is 5. The van der Waals surface area contributed by atoms with Crippen molar-refractivity contribution in [1.29, 1.82) is 0 Å². The minimum absolute atomic E-state index is 0.540. The summed E-state index contributed by atoms with van der Waals surface area (Å²) in [6.07, 6.45) is 4.03. The summed E-state index contributed by atoms with van der Waals surface area (Å²) in [4.78, 5) is 4.27. The van der Waals surface area contributed by atoms with Crippen LogP contribution in [-0.4, -0.2) is 22.2 Å². The molecule has 18 heavy (non-hydrogen) atoms. The van der Waals surface area contributed by atoms with E-state index in [1.54, 1.807) is 6.07 Å². The van der Waals surface area contributed by atoms with Gasteiger partial charge in [0.2, 0.25) is 0 Å².